The highest BCUT2D eigenvalue weighted by Gasteiger charge is 2.25. The summed E-state index contributed by atoms with van der Waals surface area (Å²) < 4.78 is 1.58. The van der Waals surface area contributed by atoms with E-state index in [-0.39, 0.29) is 17.7 Å². The molecule has 0 fully saturated rings. The van der Waals surface area contributed by atoms with Crippen LogP contribution < -0.4 is 5.73 Å². The van der Waals surface area contributed by atoms with Crippen LogP contribution in [0, 0.1) is 0 Å². The van der Waals surface area contributed by atoms with E-state index in [4.69, 9.17) is 5.73 Å². The number of carbonyl (C=O) groups is 1. The smallest absolute Gasteiger partial charge is 0.274 e. The third kappa shape index (κ3) is 2.69. The van der Waals surface area contributed by atoms with Crippen LogP contribution in [0.2, 0.25) is 0 Å². The van der Waals surface area contributed by atoms with Gasteiger partial charge in [-0.25, -0.2) is 0 Å². The summed E-state index contributed by atoms with van der Waals surface area (Å²) >= 11 is 0. The number of para-hydroxylation sites is 1. The molecule has 1 aromatic carbocycles. The van der Waals surface area contributed by atoms with Crippen LogP contribution in [0.25, 0.3) is 0 Å². The lowest BCUT2D eigenvalue weighted by atomic mass is 10.1. The predicted molar refractivity (Wildman–Crippen MR) is 80.9 cm³/mol. The number of aryl methyl sites for hydroxylation is 1. The first kappa shape index (κ1) is 14.9. The van der Waals surface area contributed by atoms with Gasteiger partial charge in [-0.3, -0.25) is 9.48 Å². The molecule has 1 atom stereocenters. The van der Waals surface area contributed by atoms with Crippen LogP contribution in [0.4, 0.5) is 5.69 Å². The van der Waals surface area contributed by atoms with E-state index < -0.39 is 0 Å². The van der Waals surface area contributed by atoms with Gasteiger partial charge in [0.25, 0.3) is 5.91 Å². The molecule has 0 saturated heterocycles. The lowest BCUT2D eigenvalue weighted by Gasteiger charge is -2.26. The molecule has 21 heavy (non-hydrogen) atoms. The molecular formula is C15H20N4O2. The van der Waals surface area contributed by atoms with Crippen molar-refractivity contribution in [1.29, 1.82) is 0 Å². The normalized spacial score (nSPS) is 12.1. The standard InChI is InChI=1S/C15H20N4O2/c1-4-19-14(12(16)9-17-19)15(21)18(3)10(2)11-7-5-6-8-13(11)20/h5-10,20H,4,16H2,1-3H3. The number of amides is 1. The minimum Gasteiger partial charge on any atom is -0.508 e. The highest BCUT2D eigenvalue weighted by atomic mass is 16.3. The van der Waals surface area contributed by atoms with Crippen LogP contribution in [0.5, 0.6) is 5.75 Å². The number of phenols is 1. The van der Waals surface area contributed by atoms with Gasteiger partial charge in [0.05, 0.1) is 17.9 Å². The molecule has 0 saturated carbocycles. The first-order valence-corrected chi connectivity index (χ1v) is 6.83. The summed E-state index contributed by atoms with van der Waals surface area (Å²) in [5, 5.41) is 14.0. The Bertz CT molecular complexity index is 651. The number of carbonyl (C=O) groups excluding carboxylic acids is 1. The monoisotopic (exact) mass is 288 g/mol. The highest BCUT2D eigenvalue weighted by Crippen LogP contribution is 2.28. The van der Waals surface area contributed by atoms with Crippen molar-refractivity contribution in [3.8, 4) is 5.75 Å². The summed E-state index contributed by atoms with van der Waals surface area (Å²) in [5.41, 5.74) is 7.27. The molecule has 6 heteroatoms. The van der Waals surface area contributed by atoms with Crippen molar-refractivity contribution < 1.29 is 9.90 Å². The van der Waals surface area contributed by atoms with Crippen molar-refractivity contribution in [2.45, 2.75) is 26.4 Å². The second-order valence-corrected chi connectivity index (χ2v) is 4.92. The van der Waals surface area contributed by atoms with Gasteiger partial charge in [0.1, 0.15) is 11.4 Å². The van der Waals surface area contributed by atoms with Gasteiger partial charge in [-0.05, 0) is 19.9 Å². The van der Waals surface area contributed by atoms with Crippen molar-refractivity contribution in [2.24, 2.45) is 0 Å². The van der Waals surface area contributed by atoms with E-state index in [1.807, 2.05) is 19.9 Å². The van der Waals surface area contributed by atoms with Crippen LogP contribution in [-0.2, 0) is 6.54 Å². The molecule has 0 aliphatic heterocycles. The Balaban J connectivity index is 2.31. The fourth-order valence-corrected chi connectivity index (χ4v) is 2.27. The minimum absolute atomic E-state index is 0.168. The Morgan fingerprint density at radius 1 is 1.48 bits per heavy atom. The Labute approximate surface area is 123 Å². The lowest BCUT2D eigenvalue weighted by Crippen LogP contribution is -2.32. The van der Waals surface area contributed by atoms with Crippen LogP contribution in [0.1, 0.15) is 35.9 Å². The van der Waals surface area contributed by atoms with E-state index in [2.05, 4.69) is 5.10 Å². The third-order valence-corrected chi connectivity index (χ3v) is 3.66. The van der Waals surface area contributed by atoms with Gasteiger partial charge in [0.15, 0.2) is 0 Å². The van der Waals surface area contributed by atoms with E-state index in [0.717, 1.165) is 0 Å². The van der Waals surface area contributed by atoms with Crippen LogP contribution in [0.15, 0.2) is 30.5 Å². The average molecular weight is 288 g/mol. The van der Waals surface area contributed by atoms with Crippen molar-refractivity contribution >= 4 is 11.6 Å². The quantitative estimate of drug-likeness (QED) is 0.901. The van der Waals surface area contributed by atoms with Gasteiger partial charge < -0.3 is 15.7 Å². The predicted octanol–water partition coefficient (Wildman–Crippen LogP) is 2.02. The van der Waals surface area contributed by atoms with Gasteiger partial charge in [-0.1, -0.05) is 18.2 Å². The molecule has 3 N–H and O–H groups in total. The first-order valence-electron chi connectivity index (χ1n) is 6.83. The molecule has 0 aliphatic rings. The van der Waals surface area contributed by atoms with E-state index in [1.54, 1.807) is 34.8 Å². The summed E-state index contributed by atoms with van der Waals surface area (Å²) in [6, 6.07) is 6.70. The van der Waals surface area contributed by atoms with Crippen LogP contribution in [0.3, 0.4) is 0 Å². The lowest BCUT2D eigenvalue weighted by molar-refractivity contribution is 0.0730. The summed E-state index contributed by atoms with van der Waals surface area (Å²) in [4.78, 5) is 14.2. The maximum Gasteiger partial charge on any atom is 0.274 e. The number of aromatic nitrogens is 2. The number of hydrogen-bond acceptors (Lipinski definition) is 4. The number of benzene rings is 1. The molecule has 1 amide bonds. The molecule has 2 aromatic rings. The Morgan fingerprint density at radius 3 is 2.76 bits per heavy atom. The number of phenolic OH excluding ortho intramolecular Hbond substituents is 1. The number of hydrogen-bond donors (Lipinski definition) is 2. The molecule has 0 radical (unpaired) electrons. The van der Waals surface area contributed by atoms with Gasteiger partial charge in [0.2, 0.25) is 0 Å². The summed E-state index contributed by atoms with van der Waals surface area (Å²) in [5.74, 6) is -0.0516. The summed E-state index contributed by atoms with van der Waals surface area (Å²) in [6.07, 6.45) is 1.48. The van der Waals surface area contributed by atoms with E-state index in [9.17, 15) is 9.90 Å². The average Bonchev–Trinajstić information content (AvgIpc) is 2.86. The van der Waals surface area contributed by atoms with E-state index >= 15 is 0 Å². The molecule has 1 aromatic heterocycles. The van der Waals surface area contributed by atoms with Crippen molar-refractivity contribution in [3.63, 3.8) is 0 Å². The zero-order valence-electron chi connectivity index (χ0n) is 12.4. The summed E-state index contributed by atoms with van der Waals surface area (Å²) in [6.45, 7) is 4.32. The molecule has 0 aliphatic carbocycles. The third-order valence-electron chi connectivity index (χ3n) is 3.66. The fourth-order valence-electron chi connectivity index (χ4n) is 2.27. The number of aromatic hydroxyl groups is 1. The highest BCUT2D eigenvalue weighted by molar-refractivity contribution is 5.97. The van der Waals surface area contributed by atoms with Crippen molar-refractivity contribution in [1.82, 2.24) is 14.7 Å². The van der Waals surface area contributed by atoms with Gasteiger partial charge >= 0.3 is 0 Å². The Morgan fingerprint density at radius 2 is 2.14 bits per heavy atom. The molecule has 0 spiro atoms. The molecule has 1 heterocycles. The second-order valence-electron chi connectivity index (χ2n) is 4.92. The molecule has 2 rings (SSSR count). The largest absolute Gasteiger partial charge is 0.508 e. The Hall–Kier alpha value is -2.50. The maximum atomic E-state index is 12.6. The van der Waals surface area contributed by atoms with Gasteiger partial charge in [-0.15, -0.1) is 0 Å². The number of anilines is 1. The first-order chi connectivity index (χ1) is 9.97. The van der Waals surface area contributed by atoms with Crippen LogP contribution >= 0.6 is 0 Å². The fraction of sp³-hybridized carbons (Fsp3) is 0.333. The maximum absolute atomic E-state index is 12.6. The van der Waals surface area contributed by atoms with Crippen molar-refractivity contribution in [2.75, 3.05) is 12.8 Å². The topological polar surface area (TPSA) is 84.4 Å². The SMILES string of the molecule is CCn1ncc(N)c1C(=O)N(C)C(C)c1ccccc1O. The summed E-state index contributed by atoms with van der Waals surface area (Å²) in [7, 11) is 1.69. The van der Waals surface area contributed by atoms with E-state index in [0.29, 0.717) is 23.5 Å². The molecular weight excluding hydrogens is 268 g/mol. The molecule has 112 valence electrons. The minimum atomic E-state index is -0.279. The molecule has 0 bridgehead atoms. The van der Waals surface area contributed by atoms with Gasteiger partial charge in [-0.2, -0.15) is 5.10 Å². The number of nitrogens with zero attached hydrogens (tertiary/aromatic N) is 3. The Kier molecular flexibility index (Phi) is 4.16. The van der Waals surface area contributed by atoms with Crippen molar-refractivity contribution in [3.05, 3.63) is 41.7 Å². The van der Waals surface area contributed by atoms with Crippen LogP contribution in [-0.4, -0.2) is 32.7 Å². The molecule has 1 unspecified atom stereocenters. The number of nitrogen functional groups attached to an aromatic ring is 1. The van der Waals surface area contributed by atoms with E-state index in [1.165, 1.54) is 6.20 Å². The number of nitrogens with two attached hydrogens (primary N) is 1. The zero-order chi connectivity index (χ0) is 15.6. The zero-order valence-corrected chi connectivity index (χ0v) is 12.4. The molecule has 6 nitrogen and oxygen atoms in total. The number of rotatable bonds is 4. The second kappa shape index (κ2) is 5.87. The van der Waals surface area contributed by atoms with Gasteiger partial charge in [0, 0.05) is 19.2 Å².